The molecule has 0 atom stereocenters. The highest BCUT2D eigenvalue weighted by Gasteiger charge is 2.25. The maximum absolute atomic E-state index is 11.3. The van der Waals surface area contributed by atoms with Gasteiger partial charge in [0, 0.05) is 12.1 Å². The van der Waals surface area contributed by atoms with E-state index >= 15 is 0 Å². The van der Waals surface area contributed by atoms with Gasteiger partial charge in [-0.25, -0.2) is 0 Å². The lowest BCUT2D eigenvalue weighted by molar-refractivity contribution is -0.385. The summed E-state index contributed by atoms with van der Waals surface area (Å²) >= 11 is 0. The SMILES string of the molecule is Cc1ccccc1[Si](OCc1ccccc1[N+](=O)[O-])OCc1ccccc1[N+](=O)[O-]. The summed E-state index contributed by atoms with van der Waals surface area (Å²) in [6.45, 7) is 1.91. The van der Waals surface area contributed by atoms with E-state index < -0.39 is 19.1 Å². The number of hydrogen-bond acceptors (Lipinski definition) is 6. The number of nitrogens with zero attached hydrogens (tertiary/aromatic N) is 2. The van der Waals surface area contributed by atoms with Crippen LogP contribution in [0.2, 0.25) is 0 Å². The van der Waals surface area contributed by atoms with Gasteiger partial charge in [-0.3, -0.25) is 20.2 Å². The Morgan fingerprint density at radius 1 is 0.733 bits per heavy atom. The van der Waals surface area contributed by atoms with Crippen LogP contribution in [0.5, 0.6) is 0 Å². The van der Waals surface area contributed by atoms with Crippen molar-refractivity contribution in [2.45, 2.75) is 20.1 Å². The van der Waals surface area contributed by atoms with Crippen LogP contribution in [-0.4, -0.2) is 19.1 Å². The molecule has 0 aliphatic rings. The van der Waals surface area contributed by atoms with Crippen LogP contribution in [0.15, 0.2) is 72.8 Å². The van der Waals surface area contributed by atoms with E-state index in [9.17, 15) is 20.2 Å². The summed E-state index contributed by atoms with van der Waals surface area (Å²) in [5.74, 6) is 0. The van der Waals surface area contributed by atoms with Gasteiger partial charge in [-0.15, -0.1) is 0 Å². The highest BCUT2D eigenvalue weighted by atomic mass is 28.3. The summed E-state index contributed by atoms with van der Waals surface area (Å²) in [6.07, 6.45) is 0. The normalized spacial score (nSPS) is 10.9. The van der Waals surface area contributed by atoms with Crippen LogP contribution in [-0.2, 0) is 22.1 Å². The second kappa shape index (κ2) is 9.88. The van der Waals surface area contributed by atoms with E-state index in [0.29, 0.717) is 11.1 Å². The fourth-order valence-electron chi connectivity index (χ4n) is 2.91. The molecule has 153 valence electrons. The topological polar surface area (TPSA) is 105 Å². The minimum atomic E-state index is -2.08. The Bertz CT molecular complexity index is 997. The zero-order chi connectivity index (χ0) is 21.5. The third kappa shape index (κ3) is 5.14. The summed E-state index contributed by atoms with van der Waals surface area (Å²) in [6, 6.07) is 20.3. The minimum Gasteiger partial charge on any atom is -0.385 e. The number of aryl methyl sites for hydroxylation is 1. The van der Waals surface area contributed by atoms with Gasteiger partial charge in [-0.05, 0) is 29.8 Å². The Balaban J connectivity index is 1.83. The van der Waals surface area contributed by atoms with Gasteiger partial charge >= 0.3 is 9.28 Å². The van der Waals surface area contributed by atoms with Crippen molar-refractivity contribution >= 4 is 25.8 Å². The average molecular weight is 423 g/mol. The zero-order valence-corrected chi connectivity index (χ0v) is 17.2. The quantitative estimate of drug-likeness (QED) is 0.293. The van der Waals surface area contributed by atoms with Crippen molar-refractivity contribution in [2.75, 3.05) is 0 Å². The molecule has 0 amide bonds. The molecule has 0 aliphatic heterocycles. The molecule has 30 heavy (non-hydrogen) atoms. The molecule has 9 heteroatoms. The lowest BCUT2D eigenvalue weighted by Gasteiger charge is -2.17. The van der Waals surface area contributed by atoms with E-state index in [1.807, 2.05) is 31.2 Å². The first-order chi connectivity index (χ1) is 14.5. The number of nitro benzene ring substituents is 2. The Hall–Kier alpha value is -3.40. The summed E-state index contributed by atoms with van der Waals surface area (Å²) in [7, 11) is -2.08. The van der Waals surface area contributed by atoms with Gasteiger partial charge < -0.3 is 8.85 Å². The van der Waals surface area contributed by atoms with Gasteiger partial charge in [0.2, 0.25) is 0 Å². The monoisotopic (exact) mass is 423 g/mol. The lowest BCUT2D eigenvalue weighted by Crippen LogP contribution is -2.38. The highest BCUT2D eigenvalue weighted by molar-refractivity contribution is 6.61. The first kappa shape index (κ1) is 21.3. The van der Waals surface area contributed by atoms with Crippen molar-refractivity contribution in [1.29, 1.82) is 0 Å². The molecule has 3 aromatic carbocycles. The van der Waals surface area contributed by atoms with Crippen LogP contribution in [0.1, 0.15) is 16.7 Å². The molecular formula is C21H19N2O6Si. The maximum atomic E-state index is 11.3. The lowest BCUT2D eigenvalue weighted by atomic mass is 10.2. The van der Waals surface area contributed by atoms with Crippen LogP contribution < -0.4 is 5.19 Å². The van der Waals surface area contributed by atoms with Crippen LogP contribution in [0.4, 0.5) is 11.4 Å². The predicted octanol–water partition coefficient (Wildman–Crippen LogP) is 3.94. The molecule has 0 heterocycles. The van der Waals surface area contributed by atoms with Crippen molar-refractivity contribution in [3.05, 3.63) is 110 Å². The molecule has 3 rings (SSSR count). The van der Waals surface area contributed by atoms with Gasteiger partial charge in [0.15, 0.2) is 0 Å². The summed E-state index contributed by atoms with van der Waals surface area (Å²) in [5.41, 5.74) is 1.78. The fraction of sp³-hybridized carbons (Fsp3) is 0.143. The number of rotatable bonds is 9. The molecule has 0 N–H and O–H groups in total. The number of para-hydroxylation sites is 2. The Labute approximate surface area is 174 Å². The van der Waals surface area contributed by atoms with Gasteiger partial charge in [0.05, 0.1) is 34.2 Å². The molecule has 8 nitrogen and oxygen atoms in total. The smallest absolute Gasteiger partial charge is 0.385 e. The number of nitro groups is 2. The minimum absolute atomic E-state index is 0.00331. The fourth-order valence-corrected chi connectivity index (χ4v) is 4.51. The predicted molar refractivity (Wildman–Crippen MR) is 112 cm³/mol. The number of hydrogen-bond donors (Lipinski definition) is 0. The molecule has 0 fully saturated rings. The molecular weight excluding hydrogens is 404 g/mol. The summed E-state index contributed by atoms with van der Waals surface area (Å²) in [4.78, 5) is 21.6. The zero-order valence-electron chi connectivity index (χ0n) is 16.2. The molecule has 1 radical (unpaired) electrons. The van der Waals surface area contributed by atoms with Crippen LogP contribution in [0.25, 0.3) is 0 Å². The van der Waals surface area contributed by atoms with Crippen molar-refractivity contribution in [2.24, 2.45) is 0 Å². The third-order valence-electron chi connectivity index (χ3n) is 4.46. The van der Waals surface area contributed by atoms with Crippen LogP contribution in [0.3, 0.4) is 0 Å². The van der Waals surface area contributed by atoms with E-state index in [1.165, 1.54) is 12.1 Å². The van der Waals surface area contributed by atoms with Crippen molar-refractivity contribution in [3.8, 4) is 0 Å². The van der Waals surface area contributed by atoms with Crippen molar-refractivity contribution < 1.29 is 18.7 Å². The van der Waals surface area contributed by atoms with E-state index in [0.717, 1.165) is 10.8 Å². The first-order valence-electron chi connectivity index (χ1n) is 9.10. The van der Waals surface area contributed by atoms with Gasteiger partial charge in [0.1, 0.15) is 0 Å². The van der Waals surface area contributed by atoms with Gasteiger partial charge in [-0.2, -0.15) is 0 Å². The molecule has 0 spiro atoms. The maximum Gasteiger partial charge on any atom is 0.424 e. The number of benzene rings is 3. The molecule has 0 saturated carbocycles. The van der Waals surface area contributed by atoms with Gasteiger partial charge in [0.25, 0.3) is 11.4 Å². The summed E-state index contributed by atoms with van der Waals surface area (Å²) in [5, 5.41) is 23.4. The molecule has 0 unspecified atom stereocenters. The van der Waals surface area contributed by atoms with Crippen molar-refractivity contribution in [3.63, 3.8) is 0 Å². The van der Waals surface area contributed by atoms with E-state index in [2.05, 4.69) is 0 Å². The Kier molecular flexibility index (Phi) is 7.02. The second-order valence-corrected chi connectivity index (χ2v) is 8.14. The Morgan fingerprint density at radius 2 is 1.17 bits per heavy atom. The molecule has 0 bridgehead atoms. The molecule has 0 saturated heterocycles. The molecule has 3 aromatic rings. The Morgan fingerprint density at radius 3 is 1.63 bits per heavy atom. The first-order valence-corrected chi connectivity index (χ1v) is 10.4. The highest BCUT2D eigenvalue weighted by Crippen LogP contribution is 2.21. The van der Waals surface area contributed by atoms with E-state index in [-0.39, 0.29) is 24.6 Å². The van der Waals surface area contributed by atoms with Crippen LogP contribution >= 0.6 is 0 Å². The van der Waals surface area contributed by atoms with E-state index in [4.69, 9.17) is 8.85 Å². The largest absolute Gasteiger partial charge is 0.424 e. The third-order valence-corrected chi connectivity index (χ3v) is 6.27. The van der Waals surface area contributed by atoms with Gasteiger partial charge in [-0.1, -0.05) is 48.5 Å². The summed E-state index contributed by atoms with van der Waals surface area (Å²) < 4.78 is 12.0. The van der Waals surface area contributed by atoms with Crippen LogP contribution in [0, 0.1) is 27.2 Å². The molecule has 0 aromatic heterocycles. The average Bonchev–Trinajstić information content (AvgIpc) is 2.75. The van der Waals surface area contributed by atoms with E-state index in [1.54, 1.807) is 36.4 Å². The second-order valence-electron chi connectivity index (χ2n) is 6.45. The molecule has 0 aliphatic carbocycles. The standard InChI is InChI=1S/C21H19N2O6Si/c1-16-8-2-7-13-21(16)30(28-14-17-9-3-5-11-19(17)22(24)25)29-15-18-10-4-6-12-20(18)23(26)27/h2-13H,14-15H2,1H3. The van der Waals surface area contributed by atoms with Crippen molar-refractivity contribution in [1.82, 2.24) is 0 Å².